The second-order valence-electron chi connectivity index (χ2n) is 7.24. The van der Waals surface area contributed by atoms with Gasteiger partial charge >= 0.3 is 0 Å². The first-order valence-corrected chi connectivity index (χ1v) is 10.2. The molecular formula is C24H32N2O2. The summed E-state index contributed by atoms with van der Waals surface area (Å²) < 4.78 is 0. The van der Waals surface area contributed by atoms with Crippen molar-refractivity contribution in [3.8, 4) is 0 Å². The molecule has 1 atom stereocenters. The van der Waals surface area contributed by atoms with Gasteiger partial charge in [0.25, 0.3) is 0 Å². The first-order valence-electron chi connectivity index (χ1n) is 10.2. The number of hydrogen-bond acceptors (Lipinski definition) is 2. The second kappa shape index (κ2) is 11.3. The molecule has 0 saturated carbocycles. The van der Waals surface area contributed by atoms with Gasteiger partial charge in [0.15, 0.2) is 0 Å². The topological polar surface area (TPSA) is 49.4 Å². The lowest BCUT2D eigenvalue weighted by Gasteiger charge is -2.31. The van der Waals surface area contributed by atoms with Crippen LogP contribution >= 0.6 is 0 Å². The molecule has 0 bridgehead atoms. The molecule has 0 aromatic heterocycles. The van der Waals surface area contributed by atoms with Crippen LogP contribution < -0.4 is 5.32 Å². The smallest absolute Gasteiger partial charge is 0.242 e. The van der Waals surface area contributed by atoms with Crippen LogP contribution in [0.15, 0.2) is 54.6 Å². The van der Waals surface area contributed by atoms with Crippen molar-refractivity contribution in [3.63, 3.8) is 0 Å². The van der Waals surface area contributed by atoms with E-state index in [1.165, 1.54) is 0 Å². The Balaban J connectivity index is 2.22. The molecule has 1 N–H and O–H groups in total. The van der Waals surface area contributed by atoms with Crippen LogP contribution in [0.2, 0.25) is 0 Å². The molecule has 2 aromatic carbocycles. The van der Waals surface area contributed by atoms with Gasteiger partial charge in [-0.15, -0.1) is 0 Å². The number of carbonyl (C=O) groups is 2. The van der Waals surface area contributed by atoms with Crippen molar-refractivity contribution in [1.82, 2.24) is 10.2 Å². The number of aryl methyl sites for hydroxylation is 1. The number of amides is 2. The van der Waals surface area contributed by atoms with E-state index in [-0.39, 0.29) is 11.8 Å². The van der Waals surface area contributed by atoms with Gasteiger partial charge in [0, 0.05) is 13.1 Å². The molecular weight excluding hydrogens is 348 g/mol. The number of benzene rings is 2. The summed E-state index contributed by atoms with van der Waals surface area (Å²) in [7, 11) is 0. The van der Waals surface area contributed by atoms with E-state index >= 15 is 0 Å². The normalized spacial score (nSPS) is 11.7. The Kier molecular flexibility index (Phi) is 8.73. The van der Waals surface area contributed by atoms with Crippen molar-refractivity contribution in [3.05, 3.63) is 71.3 Å². The van der Waals surface area contributed by atoms with E-state index in [0.717, 1.165) is 29.5 Å². The quantitative estimate of drug-likeness (QED) is 0.626. The number of rotatable bonds is 10. The van der Waals surface area contributed by atoms with E-state index in [9.17, 15) is 9.59 Å². The zero-order valence-corrected chi connectivity index (χ0v) is 17.3. The lowest BCUT2D eigenvalue weighted by Crippen LogP contribution is -2.49. The van der Waals surface area contributed by atoms with E-state index in [2.05, 4.69) is 18.3 Å². The molecule has 2 amide bonds. The van der Waals surface area contributed by atoms with E-state index in [0.29, 0.717) is 25.9 Å². The molecule has 0 heterocycles. The van der Waals surface area contributed by atoms with Gasteiger partial charge in [-0.25, -0.2) is 0 Å². The van der Waals surface area contributed by atoms with Crippen LogP contribution in [0.3, 0.4) is 0 Å². The Labute approximate surface area is 169 Å². The number of nitrogens with one attached hydrogen (secondary N) is 1. The monoisotopic (exact) mass is 380 g/mol. The van der Waals surface area contributed by atoms with Gasteiger partial charge in [-0.1, -0.05) is 80.4 Å². The molecule has 150 valence electrons. The molecule has 0 saturated heterocycles. The van der Waals surface area contributed by atoms with Crippen LogP contribution in [0, 0.1) is 6.92 Å². The summed E-state index contributed by atoms with van der Waals surface area (Å²) in [6.07, 6.45) is 2.85. The number of carbonyl (C=O) groups excluding carboxylic acids is 2. The molecule has 2 rings (SSSR count). The summed E-state index contributed by atoms with van der Waals surface area (Å²) in [5.41, 5.74) is 3.15. The number of hydrogen-bond donors (Lipinski definition) is 1. The molecule has 2 aromatic rings. The van der Waals surface area contributed by atoms with Gasteiger partial charge in [0.2, 0.25) is 11.8 Å². The first kappa shape index (κ1) is 21.7. The van der Waals surface area contributed by atoms with Crippen molar-refractivity contribution in [2.24, 2.45) is 0 Å². The van der Waals surface area contributed by atoms with Gasteiger partial charge in [0.05, 0.1) is 6.42 Å². The third-order valence-electron chi connectivity index (χ3n) is 4.85. The van der Waals surface area contributed by atoms with E-state index in [1.807, 2.05) is 62.4 Å². The summed E-state index contributed by atoms with van der Waals surface area (Å²) >= 11 is 0. The maximum atomic E-state index is 13.2. The minimum atomic E-state index is -0.464. The average Bonchev–Trinajstić information content (AvgIpc) is 2.69. The molecule has 4 heteroatoms. The molecule has 0 radical (unpaired) electrons. The molecule has 0 spiro atoms. The molecule has 0 aliphatic heterocycles. The second-order valence-corrected chi connectivity index (χ2v) is 7.24. The molecule has 0 aliphatic carbocycles. The van der Waals surface area contributed by atoms with E-state index in [4.69, 9.17) is 0 Å². The molecule has 0 unspecified atom stereocenters. The average molecular weight is 381 g/mol. The van der Waals surface area contributed by atoms with Crippen molar-refractivity contribution < 1.29 is 9.59 Å². The summed E-state index contributed by atoms with van der Waals surface area (Å²) in [5.74, 6) is -0.0878. The fraction of sp³-hybridized carbons (Fsp3) is 0.417. The van der Waals surface area contributed by atoms with Gasteiger partial charge in [-0.2, -0.15) is 0 Å². The van der Waals surface area contributed by atoms with Crippen LogP contribution in [0.4, 0.5) is 0 Å². The Morgan fingerprint density at radius 3 is 2.36 bits per heavy atom. The minimum Gasteiger partial charge on any atom is -0.354 e. The van der Waals surface area contributed by atoms with Gasteiger partial charge in [0.1, 0.15) is 6.04 Å². The lowest BCUT2D eigenvalue weighted by atomic mass is 10.1. The first-order chi connectivity index (χ1) is 13.5. The third-order valence-corrected chi connectivity index (χ3v) is 4.85. The number of unbranched alkanes of at least 4 members (excludes halogenated alkanes) is 1. The van der Waals surface area contributed by atoms with Crippen molar-refractivity contribution in [2.45, 2.75) is 59.0 Å². The fourth-order valence-electron chi connectivity index (χ4n) is 3.30. The summed E-state index contributed by atoms with van der Waals surface area (Å²) in [4.78, 5) is 27.7. The highest BCUT2D eigenvalue weighted by Crippen LogP contribution is 2.15. The zero-order chi connectivity index (χ0) is 20.4. The van der Waals surface area contributed by atoms with Crippen LogP contribution in [0.5, 0.6) is 0 Å². The third kappa shape index (κ3) is 6.52. The Bertz CT molecular complexity index is 758. The fourth-order valence-corrected chi connectivity index (χ4v) is 3.30. The summed E-state index contributed by atoms with van der Waals surface area (Å²) in [6, 6.07) is 17.4. The lowest BCUT2D eigenvalue weighted by molar-refractivity contribution is -0.140. The summed E-state index contributed by atoms with van der Waals surface area (Å²) in [6.45, 7) is 7.18. The van der Waals surface area contributed by atoms with Crippen LogP contribution in [-0.4, -0.2) is 29.3 Å². The number of nitrogens with zero attached hydrogens (tertiary/aromatic N) is 1. The van der Waals surface area contributed by atoms with Gasteiger partial charge in [-0.3, -0.25) is 9.59 Å². The molecule has 0 aliphatic rings. The Morgan fingerprint density at radius 2 is 1.71 bits per heavy atom. The minimum absolute atomic E-state index is 0.0230. The SMILES string of the molecule is CCCCNC(=O)[C@H](CC)N(Cc1cccc(C)c1)C(=O)Cc1ccccc1. The Hall–Kier alpha value is -2.62. The predicted octanol–water partition coefficient (Wildman–Crippen LogP) is 4.26. The maximum Gasteiger partial charge on any atom is 0.242 e. The maximum absolute atomic E-state index is 13.2. The molecule has 4 nitrogen and oxygen atoms in total. The zero-order valence-electron chi connectivity index (χ0n) is 17.3. The van der Waals surface area contributed by atoms with Crippen molar-refractivity contribution in [2.75, 3.05) is 6.54 Å². The molecule has 28 heavy (non-hydrogen) atoms. The van der Waals surface area contributed by atoms with Crippen LogP contribution in [0.1, 0.15) is 49.8 Å². The van der Waals surface area contributed by atoms with E-state index in [1.54, 1.807) is 4.90 Å². The summed E-state index contributed by atoms with van der Waals surface area (Å²) in [5, 5.41) is 3.00. The van der Waals surface area contributed by atoms with Crippen LogP contribution in [-0.2, 0) is 22.6 Å². The standard InChI is InChI=1S/C24H32N2O2/c1-4-6-15-25-24(28)22(5-2)26(18-21-14-10-11-19(3)16-21)23(27)17-20-12-8-7-9-13-20/h7-14,16,22H,4-6,15,17-18H2,1-3H3,(H,25,28)/t22-/m0/s1. The van der Waals surface area contributed by atoms with E-state index < -0.39 is 6.04 Å². The molecule has 0 fully saturated rings. The van der Waals surface area contributed by atoms with Gasteiger partial charge < -0.3 is 10.2 Å². The van der Waals surface area contributed by atoms with Crippen molar-refractivity contribution >= 4 is 11.8 Å². The van der Waals surface area contributed by atoms with Crippen LogP contribution in [0.25, 0.3) is 0 Å². The Morgan fingerprint density at radius 1 is 1.00 bits per heavy atom. The van der Waals surface area contributed by atoms with Gasteiger partial charge in [-0.05, 0) is 30.9 Å². The largest absolute Gasteiger partial charge is 0.354 e. The predicted molar refractivity (Wildman–Crippen MR) is 114 cm³/mol. The van der Waals surface area contributed by atoms with Crippen molar-refractivity contribution in [1.29, 1.82) is 0 Å². The highest BCUT2D eigenvalue weighted by atomic mass is 16.2. The highest BCUT2D eigenvalue weighted by molar-refractivity contribution is 5.88. The highest BCUT2D eigenvalue weighted by Gasteiger charge is 2.28.